The van der Waals surface area contributed by atoms with Crippen molar-refractivity contribution in [2.24, 2.45) is 0 Å². The molecule has 1 N–H and O–H groups in total. The Morgan fingerprint density at radius 2 is 1.89 bits per heavy atom. The molecule has 0 aromatic carbocycles. The van der Waals surface area contributed by atoms with Crippen LogP contribution in [0.25, 0.3) is 0 Å². The predicted molar refractivity (Wildman–Crippen MR) is 77.3 cm³/mol. The monoisotopic (exact) mass is 341 g/mol. The van der Waals surface area contributed by atoms with E-state index in [-0.39, 0.29) is 5.75 Å². The molecule has 0 aliphatic rings. The first kappa shape index (κ1) is 14.0. The van der Waals surface area contributed by atoms with Gasteiger partial charge in [0.15, 0.2) is 0 Å². The zero-order chi connectivity index (χ0) is 13.7. The summed E-state index contributed by atoms with van der Waals surface area (Å²) >= 11 is 3.20. The lowest BCUT2D eigenvalue weighted by molar-refractivity contribution is 0.600. The number of aromatic nitrogens is 2. The molecule has 0 atom stereocenters. The fourth-order valence-corrected chi connectivity index (χ4v) is 3.07. The standard InChI is InChI=1S/C12H12BrN3O2S/c13-12-11(2-1-6-15-12)16-19(17,18)9-5-10-3-7-14-8-4-10/h1-4,6-8,16H,5,9H2. The average molecular weight is 342 g/mol. The lowest BCUT2D eigenvalue weighted by Crippen LogP contribution is -2.18. The van der Waals surface area contributed by atoms with Gasteiger partial charge in [0, 0.05) is 18.6 Å². The Labute approximate surface area is 120 Å². The number of sulfonamides is 1. The van der Waals surface area contributed by atoms with E-state index in [1.165, 1.54) is 0 Å². The van der Waals surface area contributed by atoms with Crippen LogP contribution in [0.15, 0.2) is 47.5 Å². The number of rotatable bonds is 5. The maximum atomic E-state index is 12.0. The van der Waals surface area contributed by atoms with Crippen LogP contribution in [0.3, 0.4) is 0 Å². The molecule has 2 aromatic heterocycles. The minimum Gasteiger partial charge on any atom is -0.281 e. The minimum atomic E-state index is -3.40. The van der Waals surface area contributed by atoms with E-state index < -0.39 is 10.0 Å². The van der Waals surface area contributed by atoms with Crippen molar-refractivity contribution in [2.75, 3.05) is 10.5 Å². The molecule has 5 nitrogen and oxygen atoms in total. The highest BCUT2D eigenvalue weighted by molar-refractivity contribution is 9.10. The summed E-state index contributed by atoms with van der Waals surface area (Å²) in [6.07, 6.45) is 5.31. The zero-order valence-electron chi connectivity index (χ0n) is 9.95. The van der Waals surface area contributed by atoms with E-state index in [4.69, 9.17) is 0 Å². The molecule has 2 rings (SSSR count). The first-order valence-electron chi connectivity index (χ1n) is 5.57. The van der Waals surface area contributed by atoms with Crippen LogP contribution in [-0.2, 0) is 16.4 Å². The molecule has 0 aliphatic carbocycles. The van der Waals surface area contributed by atoms with Gasteiger partial charge in [-0.2, -0.15) is 0 Å². The molecule has 2 heterocycles. The van der Waals surface area contributed by atoms with Crippen LogP contribution in [0.5, 0.6) is 0 Å². The number of pyridine rings is 2. The van der Waals surface area contributed by atoms with Crippen LogP contribution in [0.2, 0.25) is 0 Å². The van der Waals surface area contributed by atoms with Crippen molar-refractivity contribution in [3.8, 4) is 0 Å². The first-order valence-corrected chi connectivity index (χ1v) is 8.01. The highest BCUT2D eigenvalue weighted by Crippen LogP contribution is 2.19. The number of nitrogens with zero attached hydrogens (tertiary/aromatic N) is 2. The van der Waals surface area contributed by atoms with Crippen molar-refractivity contribution in [1.29, 1.82) is 0 Å². The second kappa shape index (κ2) is 6.12. The van der Waals surface area contributed by atoms with E-state index in [1.54, 1.807) is 42.9 Å². The largest absolute Gasteiger partial charge is 0.281 e. The summed E-state index contributed by atoms with van der Waals surface area (Å²) in [5, 5.41) is 0. The van der Waals surface area contributed by atoms with Crippen LogP contribution < -0.4 is 4.72 Å². The van der Waals surface area contributed by atoms with Crippen LogP contribution in [0, 0.1) is 0 Å². The Morgan fingerprint density at radius 3 is 2.58 bits per heavy atom. The number of aryl methyl sites for hydroxylation is 1. The van der Waals surface area contributed by atoms with Gasteiger partial charge in [-0.25, -0.2) is 13.4 Å². The quantitative estimate of drug-likeness (QED) is 0.846. The minimum absolute atomic E-state index is 0.0122. The molecule has 0 unspecified atom stereocenters. The molecule has 0 radical (unpaired) electrons. The van der Waals surface area contributed by atoms with Gasteiger partial charge in [-0.05, 0) is 52.2 Å². The van der Waals surface area contributed by atoms with Gasteiger partial charge in [-0.3, -0.25) is 9.71 Å². The van der Waals surface area contributed by atoms with Gasteiger partial charge in [-0.15, -0.1) is 0 Å². The molecule has 19 heavy (non-hydrogen) atoms. The summed E-state index contributed by atoms with van der Waals surface area (Å²) in [6, 6.07) is 6.93. The van der Waals surface area contributed by atoms with E-state index in [0.717, 1.165) is 5.56 Å². The molecule has 100 valence electrons. The van der Waals surface area contributed by atoms with Crippen molar-refractivity contribution in [2.45, 2.75) is 6.42 Å². The van der Waals surface area contributed by atoms with Gasteiger partial charge in [-0.1, -0.05) is 0 Å². The van der Waals surface area contributed by atoms with E-state index in [2.05, 4.69) is 30.6 Å². The second-order valence-corrected chi connectivity index (χ2v) is 6.46. The van der Waals surface area contributed by atoms with Crippen LogP contribution in [0.1, 0.15) is 5.56 Å². The van der Waals surface area contributed by atoms with Gasteiger partial charge >= 0.3 is 0 Å². The summed E-state index contributed by atoms with van der Waals surface area (Å²) in [4.78, 5) is 7.85. The van der Waals surface area contributed by atoms with Gasteiger partial charge in [0.2, 0.25) is 10.0 Å². The van der Waals surface area contributed by atoms with Gasteiger partial charge in [0.1, 0.15) is 4.60 Å². The number of hydrogen-bond acceptors (Lipinski definition) is 4. The lowest BCUT2D eigenvalue weighted by atomic mass is 10.2. The topological polar surface area (TPSA) is 72.0 Å². The van der Waals surface area contributed by atoms with E-state index in [1.807, 2.05) is 0 Å². The molecular formula is C12H12BrN3O2S. The Balaban J connectivity index is 2.02. The van der Waals surface area contributed by atoms with Crippen molar-refractivity contribution < 1.29 is 8.42 Å². The third-order valence-corrected chi connectivity index (χ3v) is 4.34. The van der Waals surface area contributed by atoms with Gasteiger partial charge in [0.05, 0.1) is 11.4 Å². The van der Waals surface area contributed by atoms with E-state index >= 15 is 0 Å². The third kappa shape index (κ3) is 4.29. The van der Waals surface area contributed by atoms with Crippen molar-refractivity contribution in [1.82, 2.24) is 9.97 Å². The molecule has 0 spiro atoms. The number of anilines is 1. The molecule has 0 amide bonds. The second-order valence-electron chi connectivity index (χ2n) is 3.87. The molecule has 0 fully saturated rings. The maximum Gasteiger partial charge on any atom is 0.233 e. The van der Waals surface area contributed by atoms with Crippen LogP contribution in [0.4, 0.5) is 5.69 Å². The van der Waals surface area contributed by atoms with Crippen LogP contribution in [-0.4, -0.2) is 24.1 Å². The van der Waals surface area contributed by atoms with E-state index in [9.17, 15) is 8.42 Å². The summed E-state index contributed by atoms with van der Waals surface area (Å²) in [5.74, 6) is 0.0122. The molecule has 0 bridgehead atoms. The fraction of sp³-hybridized carbons (Fsp3) is 0.167. The molecule has 0 saturated carbocycles. The van der Waals surface area contributed by atoms with Gasteiger partial charge < -0.3 is 0 Å². The van der Waals surface area contributed by atoms with Crippen molar-refractivity contribution in [3.05, 3.63) is 53.0 Å². The summed E-state index contributed by atoms with van der Waals surface area (Å²) in [6.45, 7) is 0. The average Bonchev–Trinajstić information content (AvgIpc) is 2.40. The SMILES string of the molecule is O=S(=O)(CCc1ccncc1)Nc1cccnc1Br. The number of nitrogens with one attached hydrogen (secondary N) is 1. The Bertz CT molecular complexity index is 647. The summed E-state index contributed by atoms with van der Waals surface area (Å²) in [5.41, 5.74) is 1.38. The maximum absolute atomic E-state index is 12.0. The number of halogens is 1. The normalized spacial score (nSPS) is 11.2. The van der Waals surface area contributed by atoms with E-state index in [0.29, 0.717) is 16.7 Å². The number of hydrogen-bond donors (Lipinski definition) is 1. The third-order valence-electron chi connectivity index (χ3n) is 2.43. The Kier molecular flexibility index (Phi) is 4.49. The lowest BCUT2D eigenvalue weighted by Gasteiger charge is -2.08. The Hall–Kier alpha value is -1.47. The van der Waals surface area contributed by atoms with Crippen molar-refractivity contribution in [3.63, 3.8) is 0 Å². The summed E-state index contributed by atoms with van der Waals surface area (Å²) in [7, 11) is -3.40. The van der Waals surface area contributed by atoms with Gasteiger partial charge in [0.25, 0.3) is 0 Å². The van der Waals surface area contributed by atoms with Crippen molar-refractivity contribution >= 4 is 31.6 Å². The van der Waals surface area contributed by atoms with Crippen LogP contribution >= 0.6 is 15.9 Å². The zero-order valence-corrected chi connectivity index (χ0v) is 12.4. The first-order chi connectivity index (χ1) is 9.07. The molecule has 0 saturated heterocycles. The molecule has 0 aliphatic heterocycles. The smallest absolute Gasteiger partial charge is 0.233 e. The highest BCUT2D eigenvalue weighted by Gasteiger charge is 2.12. The predicted octanol–water partition coefficient (Wildman–Crippen LogP) is 2.22. The molecule has 2 aromatic rings. The highest BCUT2D eigenvalue weighted by atomic mass is 79.9. The molecular weight excluding hydrogens is 330 g/mol. The summed E-state index contributed by atoms with van der Waals surface area (Å²) < 4.78 is 26.9. The molecule has 7 heteroatoms. The Morgan fingerprint density at radius 1 is 1.16 bits per heavy atom. The fourth-order valence-electron chi connectivity index (χ4n) is 1.48.